The van der Waals surface area contributed by atoms with Crippen LogP contribution in [0.15, 0.2) is 22.8 Å². The summed E-state index contributed by atoms with van der Waals surface area (Å²) >= 11 is 4.73. The number of carbonyl (C=O) groups is 2. The molecule has 1 aliphatic rings. The number of carbonyl (C=O) groups excluding carboxylic acids is 1. The fraction of sp³-hybridized carbons (Fsp3) is 0.462. The lowest BCUT2D eigenvalue weighted by molar-refractivity contribution is -0.141. The Labute approximate surface area is 129 Å². The van der Waals surface area contributed by atoms with Gasteiger partial charge in [0.25, 0.3) is 5.91 Å². The Bertz CT molecular complexity index is 538. The number of thioether (sulfide) groups is 1. The number of pyridine rings is 1. The van der Waals surface area contributed by atoms with Crippen molar-refractivity contribution in [1.82, 2.24) is 9.88 Å². The van der Waals surface area contributed by atoms with Gasteiger partial charge in [-0.3, -0.25) is 4.79 Å². The molecule has 1 aliphatic heterocycles. The summed E-state index contributed by atoms with van der Waals surface area (Å²) in [6.07, 6.45) is 0. The van der Waals surface area contributed by atoms with Gasteiger partial charge in [-0.25, -0.2) is 9.78 Å². The second-order valence-corrected chi connectivity index (χ2v) is 6.84. The zero-order valence-electron chi connectivity index (χ0n) is 11.1. The summed E-state index contributed by atoms with van der Waals surface area (Å²) in [6, 6.07) is 4.25. The standard InChI is InChI=1S/C13H15BrN2O3S/c1-7(2)12-16(9(6-20-12)13(18)19)11(17)8-4-3-5-10(14)15-8/h3-5,7,9,12H,6H2,1-2H3,(H,18,19). The maximum absolute atomic E-state index is 12.6. The third-order valence-corrected chi connectivity index (χ3v) is 5.12. The Balaban J connectivity index is 2.34. The van der Waals surface area contributed by atoms with Crippen molar-refractivity contribution in [2.24, 2.45) is 5.92 Å². The van der Waals surface area contributed by atoms with Crippen LogP contribution in [0.4, 0.5) is 0 Å². The molecule has 0 aromatic carbocycles. The van der Waals surface area contributed by atoms with Gasteiger partial charge >= 0.3 is 5.97 Å². The van der Waals surface area contributed by atoms with Gasteiger partial charge in [0.15, 0.2) is 0 Å². The summed E-state index contributed by atoms with van der Waals surface area (Å²) in [5.74, 6) is -0.704. The van der Waals surface area contributed by atoms with Crippen molar-refractivity contribution in [3.05, 3.63) is 28.5 Å². The van der Waals surface area contributed by atoms with E-state index in [1.807, 2.05) is 13.8 Å². The molecule has 1 aromatic rings. The van der Waals surface area contributed by atoms with Gasteiger partial charge in [-0.15, -0.1) is 11.8 Å². The largest absolute Gasteiger partial charge is 0.480 e. The van der Waals surface area contributed by atoms with Crippen LogP contribution in [0.3, 0.4) is 0 Å². The Morgan fingerprint density at radius 2 is 2.20 bits per heavy atom. The highest BCUT2D eigenvalue weighted by atomic mass is 79.9. The van der Waals surface area contributed by atoms with Gasteiger partial charge in [-0.2, -0.15) is 0 Å². The lowest BCUT2D eigenvalue weighted by Crippen LogP contribution is -2.47. The molecule has 108 valence electrons. The van der Waals surface area contributed by atoms with E-state index in [1.54, 1.807) is 18.2 Å². The number of amides is 1. The minimum atomic E-state index is -0.969. The van der Waals surface area contributed by atoms with Crippen LogP contribution in [0.25, 0.3) is 0 Å². The number of aliphatic carboxylic acids is 1. The minimum absolute atomic E-state index is 0.135. The molecule has 1 aromatic heterocycles. The first kappa shape index (κ1) is 15.3. The van der Waals surface area contributed by atoms with Gasteiger partial charge in [-0.05, 0) is 34.0 Å². The van der Waals surface area contributed by atoms with E-state index < -0.39 is 12.0 Å². The molecule has 1 N–H and O–H groups in total. The first-order valence-corrected chi connectivity index (χ1v) is 8.05. The Morgan fingerprint density at radius 1 is 1.50 bits per heavy atom. The van der Waals surface area contributed by atoms with Gasteiger partial charge in [0.05, 0.1) is 5.37 Å². The molecule has 0 saturated carbocycles. The van der Waals surface area contributed by atoms with Crippen molar-refractivity contribution >= 4 is 39.6 Å². The zero-order valence-corrected chi connectivity index (χ0v) is 13.5. The molecular formula is C13H15BrN2O3S. The highest BCUT2D eigenvalue weighted by molar-refractivity contribution is 9.10. The summed E-state index contributed by atoms with van der Waals surface area (Å²) in [6.45, 7) is 3.97. The molecule has 0 aliphatic carbocycles. The average molecular weight is 359 g/mol. The van der Waals surface area contributed by atoms with E-state index in [-0.39, 0.29) is 22.9 Å². The molecular weight excluding hydrogens is 344 g/mol. The molecule has 5 nitrogen and oxygen atoms in total. The van der Waals surface area contributed by atoms with Crippen LogP contribution in [-0.2, 0) is 4.79 Å². The third kappa shape index (κ3) is 2.98. The first-order chi connectivity index (χ1) is 9.41. The quantitative estimate of drug-likeness (QED) is 0.840. The Morgan fingerprint density at radius 3 is 2.75 bits per heavy atom. The first-order valence-electron chi connectivity index (χ1n) is 6.21. The molecule has 1 amide bonds. The van der Waals surface area contributed by atoms with Gasteiger partial charge in [0.1, 0.15) is 16.3 Å². The highest BCUT2D eigenvalue weighted by Gasteiger charge is 2.43. The van der Waals surface area contributed by atoms with Crippen molar-refractivity contribution in [1.29, 1.82) is 0 Å². The van der Waals surface area contributed by atoms with E-state index in [4.69, 9.17) is 0 Å². The van der Waals surface area contributed by atoms with Gasteiger partial charge in [0, 0.05) is 5.75 Å². The lowest BCUT2D eigenvalue weighted by atomic mass is 10.1. The average Bonchev–Trinajstić information content (AvgIpc) is 2.82. The van der Waals surface area contributed by atoms with Gasteiger partial charge < -0.3 is 10.0 Å². The Hall–Kier alpha value is -1.08. The smallest absolute Gasteiger partial charge is 0.327 e. The second kappa shape index (κ2) is 6.13. The molecule has 1 fully saturated rings. The third-order valence-electron chi connectivity index (χ3n) is 3.06. The topological polar surface area (TPSA) is 70.5 Å². The van der Waals surface area contributed by atoms with Crippen LogP contribution in [0.5, 0.6) is 0 Å². The number of hydrogen-bond donors (Lipinski definition) is 1. The maximum Gasteiger partial charge on any atom is 0.327 e. The molecule has 0 radical (unpaired) electrons. The number of carboxylic acids is 1. The van der Waals surface area contributed by atoms with Gasteiger partial charge in [-0.1, -0.05) is 19.9 Å². The summed E-state index contributed by atoms with van der Waals surface area (Å²) in [7, 11) is 0. The van der Waals surface area contributed by atoms with Crippen molar-refractivity contribution < 1.29 is 14.7 Å². The predicted octanol–water partition coefficient (Wildman–Crippen LogP) is 2.47. The number of hydrogen-bond acceptors (Lipinski definition) is 4. The van der Waals surface area contributed by atoms with E-state index in [1.165, 1.54) is 16.7 Å². The molecule has 2 atom stereocenters. The molecule has 7 heteroatoms. The molecule has 2 heterocycles. The summed E-state index contributed by atoms with van der Waals surface area (Å²) in [5.41, 5.74) is 0.263. The molecule has 20 heavy (non-hydrogen) atoms. The predicted molar refractivity (Wildman–Crippen MR) is 80.6 cm³/mol. The molecule has 1 saturated heterocycles. The van der Waals surface area contributed by atoms with Crippen molar-refractivity contribution in [3.8, 4) is 0 Å². The minimum Gasteiger partial charge on any atom is -0.480 e. The molecule has 0 spiro atoms. The SMILES string of the molecule is CC(C)C1SCC(C(=O)O)N1C(=O)c1cccc(Br)n1. The number of halogens is 1. The molecule has 0 bridgehead atoms. The zero-order chi connectivity index (χ0) is 14.9. The van der Waals surface area contributed by atoms with Crippen LogP contribution in [-0.4, -0.2) is 44.0 Å². The van der Waals surface area contributed by atoms with Crippen LogP contribution >= 0.6 is 27.7 Å². The van der Waals surface area contributed by atoms with E-state index >= 15 is 0 Å². The number of nitrogens with zero attached hydrogens (tertiary/aromatic N) is 2. The normalized spacial score (nSPS) is 22.3. The second-order valence-electron chi connectivity index (χ2n) is 4.88. The van der Waals surface area contributed by atoms with E-state index in [0.29, 0.717) is 10.4 Å². The molecule has 2 unspecified atom stereocenters. The van der Waals surface area contributed by atoms with E-state index in [2.05, 4.69) is 20.9 Å². The maximum atomic E-state index is 12.6. The van der Waals surface area contributed by atoms with Crippen LogP contribution in [0.2, 0.25) is 0 Å². The summed E-state index contributed by atoms with van der Waals surface area (Å²) in [4.78, 5) is 29.5. The number of aromatic nitrogens is 1. The van der Waals surface area contributed by atoms with Crippen molar-refractivity contribution in [3.63, 3.8) is 0 Å². The van der Waals surface area contributed by atoms with Crippen LogP contribution in [0, 0.1) is 5.92 Å². The monoisotopic (exact) mass is 358 g/mol. The number of rotatable bonds is 3. The Kier molecular flexibility index (Phi) is 4.70. The van der Waals surface area contributed by atoms with Crippen LogP contribution < -0.4 is 0 Å². The fourth-order valence-corrected chi connectivity index (χ4v) is 3.96. The summed E-state index contributed by atoms with van der Waals surface area (Å²) < 4.78 is 0.558. The fourth-order valence-electron chi connectivity index (χ4n) is 2.15. The summed E-state index contributed by atoms with van der Waals surface area (Å²) in [5, 5.41) is 9.16. The van der Waals surface area contributed by atoms with Crippen LogP contribution in [0.1, 0.15) is 24.3 Å². The number of carboxylic acid groups (broad SMARTS) is 1. The van der Waals surface area contributed by atoms with Crippen molar-refractivity contribution in [2.75, 3.05) is 5.75 Å². The lowest BCUT2D eigenvalue weighted by Gasteiger charge is -2.29. The van der Waals surface area contributed by atoms with Crippen molar-refractivity contribution in [2.45, 2.75) is 25.3 Å². The van der Waals surface area contributed by atoms with E-state index in [9.17, 15) is 14.7 Å². The highest BCUT2D eigenvalue weighted by Crippen LogP contribution is 2.35. The van der Waals surface area contributed by atoms with E-state index in [0.717, 1.165) is 0 Å². The van der Waals surface area contributed by atoms with Gasteiger partial charge in [0.2, 0.25) is 0 Å². The molecule has 2 rings (SSSR count).